The van der Waals surface area contributed by atoms with Gasteiger partial charge in [-0.1, -0.05) is 56.7 Å². The van der Waals surface area contributed by atoms with Crippen molar-refractivity contribution < 1.29 is 8.42 Å². The molecule has 8 heteroatoms. The van der Waals surface area contributed by atoms with Crippen LogP contribution in [-0.4, -0.2) is 37.0 Å². The van der Waals surface area contributed by atoms with Crippen LogP contribution in [0.15, 0.2) is 63.9 Å². The Balaban J connectivity index is 1.40. The quantitative estimate of drug-likeness (QED) is 0.364. The minimum absolute atomic E-state index is 0.338. The summed E-state index contributed by atoms with van der Waals surface area (Å²) in [5.41, 5.74) is 6.95. The highest BCUT2D eigenvalue weighted by atomic mass is 32.2. The first-order valence-electron chi connectivity index (χ1n) is 10.9. The second-order valence-corrected chi connectivity index (χ2v) is 11.0. The Kier molecular flexibility index (Phi) is 7.03. The molecule has 1 aliphatic rings. The summed E-state index contributed by atoms with van der Waals surface area (Å²) in [5, 5.41) is 6.89. The number of piperidine rings is 1. The lowest BCUT2D eigenvalue weighted by molar-refractivity contribution is 0.346. The highest BCUT2D eigenvalue weighted by Gasteiger charge is 2.25. The summed E-state index contributed by atoms with van der Waals surface area (Å²) in [7, 11) is -3.42. The maximum Gasteiger partial charge on any atom is 0.243 e. The molecular formula is C24H28N4O2S2. The van der Waals surface area contributed by atoms with E-state index in [4.69, 9.17) is 0 Å². The summed E-state index contributed by atoms with van der Waals surface area (Å²) in [4.78, 5) is 4.90. The highest BCUT2D eigenvalue weighted by molar-refractivity contribution is 7.89. The lowest BCUT2D eigenvalue weighted by Gasteiger charge is -2.25. The summed E-state index contributed by atoms with van der Waals surface area (Å²) in [5.74, 6) is 0.506. The molecule has 2 aromatic carbocycles. The van der Waals surface area contributed by atoms with Crippen molar-refractivity contribution in [1.82, 2.24) is 9.29 Å². The van der Waals surface area contributed by atoms with Crippen molar-refractivity contribution in [2.75, 3.05) is 18.5 Å². The topological polar surface area (TPSA) is 74.7 Å². The number of sulfonamides is 1. The molecule has 0 spiro atoms. The number of hydrazone groups is 1. The van der Waals surface area contributed by atoms with E-state index in [9.17, 15) is 8.42 Å². The minimum atomic E-state index is -3.42. The molecule has 0 unspecified atom stereocenters. The van der Waals surface area contributed by atoms with Crippen LogP contribution in [0.2, 0.25) is 0 Å². The van der Waals surface area contributed by atoms with Crippen molar-refractivity contribution >= 4 is 32.7 Å². The van der Waals surface area contributed by atoms with Crippen molar-refractivity contribution in [1.29, 1.82) is 0 Å². The van der Waals surface area contributed by atoms with Gasteiger partial charge >= 0.3 is 0 Å². The van der Waals surface area contributed by atoms with Gasteiger partial charge in [0, 0.05) is 24.0 Å². The molecule has 1 N–H and O–H groups in total. The van der Waals surface area contributed by atoms with E-state index >= 15 is 0 Å². The van der Waals surface area contributed by atoms with Crippen LogP contribution in [-0.2, 0) is 10.0 Å². The summed E-state index contributed by atoms with van der Waals surface area (Å²) >= 11 is 1.46. The summed E-state index contributed by atoms with van der Waals surface area (Å²) in [6, 6.07) is 15.3. The fourth-order valence-electron chi connectivity index (χ4n) is 3.64. The van der Waals surface area contributed by atoms with E-state index in [1.807, 2.05) is 29.6 Å². The van der Waals surface area contributed by atoms with E-state index in [0.717, 1.165) is 36.1 Å². The van der Waals surface area contributed by atoms with E-state index in [1.165, 1.54) is 16.9 Å². The Hall–Kier alpha value is -2.55. The van der Waals surface area contributed by atoms with Gasteiger partial charge in [-0.15, -0.1) is 11.3 Å². The molecule has 168 valence electrons. The molecule has 3 aromatic rings. The number of hydrogen-bond acceptors (Lipinski definition) is 6. The largest absolute Gasteiger partial charge is 0.253 e. The molecule has 1 aliphatic heterocycles. The molecule has 1 fully saturated rings. The summed E-state index contributed by atoms with van der Waals surface area (Å²) in [6.07, 6.45) is 4.72. The number of nitrogens with zero attached hydrogens (tertiary/aromatic N) is 3. The van der Waals surface area contributed by atoms with E-state index < -0.39 is 10.0 Å². The summed E-state index contributed by atoms with van der Waals surface area (Å²) < 4.78 is 27.2. The van der Waals surface area contributed by atoms with Crippen molar-refractivity contribution in [3.63, 3.8) is 0 Å². The predicted octanol–water partition coefficient (Wildman–Crippen LogP) is 5.55. The molecule has 0 saturated carbocycles. The zero-order valence-corrected chi connectivity index (χ0v) is 20.0. The zero-order chi connectivity index (χ0) is 22.6. The molecule has 2 heterocycles. The highest BCUT2D eigenvalue weighted by Crippen LogP contribution is 2.27. The van der Waals surface area contributed by atoms with Crippen molar-refractivity contribution in [3.8, 4) is 11.3 Å². The lowest BCUT2D eigenvalue weighted by Crippen LogP contribution is -2.35. The molecule has 4 rings (SSSR count). The van der Waals surface area contributed by atoms with Crippen LogP contribution in [0.25, 0.3) is 11.3 Å². The Morgan fingerprint density at radius 1 is 1.03 bits per heavy atom. The van der Waals surface area contributed by atoms with Gasteiger partial charge in [0.1, 0.15) is 0 Å². The van der Waals surface area contributed by atoms with Gasteiger partial charge in [-0.05, 0) is 42.0 Å². The first-order valence-corrected chi connectivity index (χ1v) is 13.2. The number of rotatable bonds is 7. The van der Waals surface area contributed by atoms with Gasteiger partial charge in [-0.3, -0.25) is 5.43 Å². The number of benzene rings is 2. The third-order valence-electron chi connectivity index (χ3n) is 5.58. The van der Waals surface area contributed by atoms with E-state index in [2.05, 4.69) is 41.5 Å². The second kappa shape index (κ2) is 9.94. The smallest absolute Gasteiger partial charge is 0.243 e. The lowest BCUT2D eigenvalue weighted by atomic mass is 10.0. The average molecular weight is 469 g/mol. The van der Waals surface area contributed by atoms with Crippen LogP contribution in [0, 0.1) is 0 Å². The maximum absolute atomic E-state index is 12.8. The maximum atomic E-state index is 12.8. The zero-order valence-electron chi connectivity index (χ0n) is 18.4. The molecule has 0 bridgehead atoms. The van der Waals surface area contributed by atoms with E-state index in [1.54, 1.807) is 22.7 Å². The van der Waals surface area contributed by atoms with E-state index in [0.29, 0.717) is 29.0 Å². The number of hydrogen-bond donors (Lipinski definition) is 1. The standard InChI is InChI=1S/C24H28N4O2S2/c1-18(2)20-8-6-19(7-9-20)16-25-27-24-26-23(17-31-24)21-10-12-22(13-11-21)32(29,30)28-14-4-3-5-15-28/h6-13,16-18H,3-5,14-15H2,1-2H3,(H,26,27). The van der Waals surface area contributed by atoms with Gasteiger partial charge in [0.25, 0.3) is 0 Å². The van der Waals surface area contributed by atoms with Gasteiger partial charge in [0.05, 0.1) is 16.8 Å². The average Bonchev–Trinajstić information content (AvgIpc) is 3.29. The predicted molar refractivity (Wildman–Crippen MR) is 132 cm³/mol. The van der Waals surface area contributed by atoms with Gasteiger partial charge in [-0.2, -0.15) is 9.41 Å². The molecule has 0 aliphatic carbocycles. The number of aromatic nitrogens is 1. The van der Waals surface area contributed by atoms with Gasteiger partial charge < -0.3 is 0 Å². The third kappa shape index (κ3) is 5.26. The fourth-order valence-corrected chi connectivity index (χ4v) is 5.82. The second-order valence-electron chi connectivity index (χ2n) is 8.22. The fraction of sp³-hybridized carbons (Fsp3) is 0.333. The van der Waals surface area contributed by atoms with Crippen LogP contribution in [0.1, 0.15) is 50.2 Å². The van der Waals surface area contributed by atoms with Crippen molar-refractivity contribution in [2.24, 2.45) is 5.10 Å². The molecule has 0 radical (unpaired) electrons. The van der Waals surface area contributed by atoms with Crippen LogP contribution in [0.5, 0.6) is 0 Å². The van der Waals surface area contributed by atoms with Gasteiger partial charge in [0.15, 0.2) is 0 Å². The van der Waals surface area contributed by atoms with E-state index in [-0.39, 0.29) is 0 Å². The summed E-state index contributed by atoms with van der Waals surface area (Å²) in [6.45, 7) is 5.55. The molecule has 0 atom stereocenters. The number of nitrogens with one attached hydrogen (secondary N) is 1. The molecule has 1 aromatic heterocycles. The molecule has 1 saturated heterocycles. The molecule has 6 nitrogen and oxygen atoms in total. The first-order chi connectivity index (χ1) is 15.4. The third-order valence-corrected chi connectivity index (χ3v) is 8.24. The number of thiazole rings is 1. The van der Waals surface area contributed by atoms with Gasteiger partial charge in [0.2, 0.25) is 15.2 Å². The number of anilines is 1. The normalized spacial score (nSPS) is 15.5. The Labute approximate surface area is 194 Å². The van der Waals surface area contributed by atoms with Crippen LogP contribution >= 0.6 is 11.3 Å². The SMILES string of the molecule is CC(C)c1ccc(C=NNc2nc(-c3ccc(S(=O)(=O)N4CCCCC4)cc3)cs2)cc1. The van der Waals surface area contributed by atoms with Crippen LogP contribution < -0.4 is 5.43 Å². The Bertz CT molecular complexity index is 1160. The Morgan fingerprint density at radius 2 is 1.72 bits per heavy atom. The first kappa shape index (κ1) is 22.6. The minimum Gasteiger partial charge on any atom is -0.253 e. The molecule has 32 heavy (non-hydrogen) atoms. The van der Waals surface area contributed by atoms with Crippen molar-refractivity contribution in [2.45, 2.75) is 43.9 Å². The van der Waals surface area contributed by atoms with Gasteiger partial charge in [-0.25, -0.2) is 13.4 Å². The van der Waals surface area contributed by atoms with Crippen LogP contribution in [0.4, 0.5) is 5.13 Å². The molecular weight excluding hydrogens is 440 g/mol. The van der Waals surface area contributed by atoms with Crippen molar-refractivity contribution in [3.05, 3.63) is 65.0 Å². The Morgan fingerprint density at radius 3 is 2.38 bits per heavy atom. The molecule has 0 amide bonds. The van der Waals surface area contributed by atoms with Crippen LogP contribution in [0.3, 0.4) is 0 Å². The monoisotopic (exact) mass is 468 g/mol.